The fourth-order valence-electron chi connectivity index (χ4n) is 3.33. The summed E-state index contributed by atoms with van der Waals surface area (Å²) in [7, 11) is 0. The molecule has 30 heavy (non-hydrogen) atoms. The van der Waals surface area contributed by atoms with Gasteiger partial charge in [0, 0.05) is 37.0 Å². The molecule has 1 amide bonds. The molecule has 0 aliphatic carbocycles. The number of nitrogens with zero attached hydrogens (tertiary/aromatic N) is 2. The van der Waals surface area contributed by atoms with Gasteiger partial charge in [-0.1, -0.05) is 6.07 Å². The summed E-state index contributed by atoms with van der Waals surface area (Å²) in [6.07, 6.45) is 3.96. The maximum atomic E-state index is 12.5. The van der Waals surface area contributed by atoms with Crippen LogP contribution in [0.3, 0.4) is 0 Å². The van der Waals surface area contributed by atoms with Crippen molar-refractivity contribution in [1.29, 1.82) is 0 Å². The van der Waals surface area contributed by atoms with Crippen LogP contribution in [0.1, 0.15) is 40.6 Å². The smallest absolute Gasteiger partial charge is 0.287 e. The first kappa shape index (κ1) is 19.8. The van der Waals surface area contributed by atoms with Crippen LogP contribution >= 0.6 is 0 Å². The molecule has 0 bridgehead atoms. The van der Waals surface area contributed by atoms with Gasteiger partial charge in [0.15, 0.2) is 16.9 Å². The normalized spacial score (nSPS) is 18.2. The van der Waals surface area contributed by atoms with Crippen molar-refractivity contribution in [2.24, 2.45) is 4.99 Å². The predicted octanol–water partition coefficient (Wildman–Crippen LogP) is 2.30. The van der Waals surface area contributed by atoms with Crippen LogP contribution in [-0.4, -0.2) is 23.3 Å². The first-order valence-corrected chi connectivity index (χ1v) is 9.71. The molecular weight excluding hydrogens is 382 g/mol. The van der Waals surface area contributed by atoms with Gasteiger partial charge in [-0.25, -0.2) is 10.4 Å². The number of nitrogens with one attached hydrogen (secondary N) is 3. The molecule has 1 unspecified atom stereocenters. The number of aromatic nitrogens is 1. The van der Waals surface area contributed by atoms with Crippen molar-refractivity contribution < 1.29 is 9.21 Å². The van der Waals surface area contributed by atoms with E-state index in [1.165, 1.54) is 6.07 Å². The van der Waals surface area contributed by atoms with Gasteiger partial charge in [0.05, 0.1) is 5.39 Å². The molecule has 4 rings (SSSR count). The summed E-state index contributed by atoms with van der Waals surface area (Å²) in [4.78, 5) is 33.7. The molecule has 3 heterocycles. The number of amidine groups is 1. The van der Waals surface area contributed by atoms with E-state index in [0.717, 1.165) is 16.7 Å². The predicted molar refractivity (Wildman–Crippen MR) is 114 cm³/mol. The lowest BCUT2D eigenvalue weighted by Crippen LogP contribution is -2.41. The Labute approximate surface area is 173 Å². The second-order valence-corrected chi connectivity index (χ2v) is 7.54. The lowest BCUT2D eigenvalue weighted by Gasteiger charge is -2.20. The standard InChI is InChI=1S/C22H23N5O3/c1-13-9-16-17(28)11-19(30-18(16)10-14(13)2)21(29)24-8-6-20-25-22(3,27-26-20)15-5-4-7-23-12-15/h4-5,7,9-12,27H,6,8H2,1-3H3,(H,24,29)(H,25,26). The summed E-state index contributed by atoms with van der Waals surface area (Å²) in [5, 5.41) is 3.25. The van der Waals surface area contributed by atoms with Crippen molar-refractivity contribution in [3.63, 3.8) is 0 Å². The number of carbonyl (C=O) groups is 1. The highest BCUT2D eigenvalue weighted by Crippen LogP contribution is 2.23. The number of hydrazine groups is 1. The molecule has 0 radical (unpaired) electrons. The third-order valence-electron chi connectivity index (χ3n) is 5.25. The summed E-state index contributed by atoms with van der Waals surface area (Å²) in [6.45, 7) is 6.15. The van der Waals surface area contributed by atoms with Gasteiger partial charge in [-0.3, -0.25) is 14.6 Å². The number of rotatable bonds is 5. The largest absolute Gasteiger partial charge is 0.451 e. The molecule has 1 aliphatic rings. The molecule has 3 aromatic rings. The van der Waals surface area contributed by atoms with Crippen LogP contribution in [0.15, 0.2) is 56.9 Å². The minimum atomic E-state index is -0.616. The fraction of sp³-hybridized carbons (Fsp3) is 0.273. The maximum absolute atomic E-state index is 12.5. The number of aryl methyl sites for hydroxylation is 2. The molecule has 154 valence electrons. The van der Waals surface area contributed by atoms with Crippen molar-refractivity contribution in [3.05, 3.63) is 75.4 Å². The average molecular weight is 405 g/mol. The number of hydrogen-bond acceptors (Lipinski definition) is 7. The van der Waals surface area contributed by atoms with E-state index in [0.29, 0.717) is 29.8 Å². The zero-order valence-electron chi connectivity index (χ0n) is 17.1. The number of hydrogen-bond donors (Lipinski definition) is 3. The van der Waals surface area contributed by atoms with Crippen molar-refractivity contribution in [2.75, 3.05) is 6.54 Å². The molecule has 2 aromatic heterocycles. The summed E-state index contributed by atoms with van der Waals surface area (Å²) in [5.41, 5.74) is 8.68. The molecule has 0 saturated heterocycles. The van der Waals surface area contributed by atoms with Crippen LogP contribution in [0.4, 0.5) is 0 Å². The van der Waals surface area contributed by atoms with E-state index in [9.17, 15) is 9.59 Å². The number of carbonyl (C=O) groups excluding carboxylic acids is 1. The van der Waals surface area contributed by atoms with E-state index in [1.807, 2.05) is 32.9 Å². The minimum Gasteiger partial charge on any atom is -0.451 e. The van der Waals surface area contributed by atoms with Gasteiger partial charge < -0.3 is 15.2 Å². The third kappa shape index (κ3) is 3.81. The zero-order valence-corrected chi connectivity index (χ0v) is 17.1. The Kier molecular flexibility index (Phi) is 5.09. The lowest BCUT2D eigenvalue weighted by atomic mass is 10.1. The Hall–Kier alpha value is -3.52. The number of aliphatic imine (C=N–C) groups is 1. The molecule has 3 N–H and O–H groups in total. The molecule has 0 saturated carbocycles. The number of benzene rings is 1. The number of amides is 1. The van der Waals surface area contributed by atoms with Crippen LogP contribution in [0.2, 0.25) is 0 Å². The van der Waals surface area contributed by atoms with Gasteiger partial charge in [-0.15, -0.1) is 0 Å². The molecule has 8 nitrogen and oxygen atoms in total. The van der Waals surface area contributed by atoms with Gasteiger partial charge in [0.25, 0.3) is 5.91 Å². The first-order chi connectivity index (χ1) is 14.4. The zero-order chi connectivity index (χ0) is 21.3. The quantitative estimate of drug-likeness (QED) is 0.601. The van der Waals surface area contributed by atoms with Crippen molar-refractivity contribution in [3.8, 4) is 0 Å². The van der Waals surface area contributed by atoms with E-state index < -0.39 is 11.6 Å². The first-order valence-electron chi connectivity index (χ1n) is 9.71. The molecule has 8 heteroatoms. The second-order valence-electron chi connectivity index (χ2n) is 7.54. The van der Waals surface area contributed by atoms with E-state index in [4.69, 9.17) is 4.42 Å². The highest BCUT2D eigenvalue weighted by Gasteiger charge is 2.31. The maximum Gasteiger partial charge on any atom is 0.287 e. The van der Waals surface area contributed by atoms with E-state index in [-0.39, 0.29) is 11.2 Å². The van der Waals surface area contributed by atoms with Gasteiger partial charge in [0.1, 0.15) is 11.4 Å². The highest BCUT2D eigenvalue weighted by atomic mass is 16.3. The Morgan fingerprint density at radius 1 is 1.23 bits per heavy atom. The summed E-state index contributed by atoms with van der Waals surface area (Å²) in [5.74, 6) is 0.275. The van der Waals surface area contributed by atoms with E-state index >= 15 is 0 Å². The van der Waals surface area contributed by atoms with Gasteiger partial charge in [-0.2, -0.15) is 0 Å². The topological polar surface area (TPSA) is 109 Å². The molecule has 1 atom stereocenters. The van der Waals surface area contributed by atoms with Crippen LogP contribution in [0, 0.1) is 13.8 Å². The summed E-state index contributed by atoms with van der Waals surface area (Å²) in [6, 6.07) is 8.61. The van der Waals surface area contributed by atoms with Crippen molar-refractivity contribution in [1.82, 2.24) is 21.2 Å². The number of fused-ring (bicyclic) bond motifs is 1. The Morgan fingerprint density at radius 2 is 2.03 bits per heavy atom. The molecular formula is C22H23N5O3. The Balaban J connectivity index is 1.43. The average Bonchev–Trinajstić information content (AvgIpc) is 3.12. The van der Waals surface area contributed by atoms with Crippen LogP contribution < -0.4 is 21.6 Å². The van der Waals surface area contributed by atoms with Crippen LogP contribution in [0.25, 0.3) is 11.0 Å². The van der Waals surface area contributed by atoms with Crippen LogP contribution in [-0.2, 0) is 5.66 Å². The molecule has 1 aliphatic heterocycles. The Bertz CT molecular complexity index is 1200. The van der Waals surface area contributed by atoms with Gasteiger partial charge >= 0.3 is 0 Å². The van der Waals surface area contributed by atoms with Gasteiger partial charge in [-0.05, 0) is 50.1 Å². The summed E-state index contributed by atoms with van der Waals surface area (Å²) < 4.78 is 5.68. The van der Waals surface area contributed by atoms with Crippen molar-refractivity contribution >= 4 is 22.7 Å². The summed E-state index contributed by atoms with van der Waals surface area (Å²) >= 11 is 0. The molecule has 0 fully saturated rings. The van der Waals surface area contributed by atoms with E-state index in [1.54, 1.807) is 24.5 Å². The minimum absolute atomic E-state index is 0.00426. The highest BCUT2D eigenvalue weighted by molar-refractivity contribution is 5.93. The van der Waals surface area contributed by atoms with Crippen molar-refractivity contribution in [2.45, 2.75) is 32.9 Å². The lowest BCUT2D eigenvalue weighted by molar-refractivity contribution is 0.0927. The Morgan fingerprint density at radius 3 is 2.80 bits per heavy atom. The third-order valence-corrected chi connectivity index (χ3v) is 5.25. The second kappa shape index (κ2) is 7.72. The molecule has 0 spiro atoms. The fourth-order valence-corrected chi connectivity index (χ4v) is 3.33. The number of pyridine rings is 1. The van der Waals surface area contributed by atoms with Gasteiger partial charge in [0.2, 0.25) is 0 Å². The molecule has 1 aromatic carbocycles. The van der Waals surface area contributed by atoms with E-state index in [2.05, 4.69) is 26.1 Å². The SMILES string of the molecule is Cc1cc2oc(C(=O)NCCC3=NC(C)(c4cccnc4)NN3)cc(=O)c2cc1C. The van der Waals surface area contributed by atoms with Crippen LogP contribution in [0.5, 0.6) is 0 Å². The monoisotopic (exact) mass is 405 g/mol.